The maximum Gasteiger partial charge on any atom is 0.256 e. The van der Waals surface area contributed by atoms with E-state index in [4.69, 9.17) is 4.42 Å². The topological polar surface area (TPSA) is 26.0 Å². The van der Waals surface area contributed by atoms with Crippen molar-refractivity contribution in [2.75, 3.05) is 11.5 Å². The minimum atomic E-state index is 0.310. The first-order chi connectivity index (χ1) is 7.56. The third kappa shape index (κ3) is 3.20. The lowest BCUT2D eigenvalue weighted by Crippen LogP contribution is -2.24. The van der Waals surface area contributed by atoms with Gasteiger partial charge < -0.3 is 4.42 Å². The summed E-state index contributed by atoms with van der Waals surface area (Å²) in [4.78, 5) is 4.39. The Morgan fingerprint density at radius 1 is 1.31 bits per heavy atom. The van der Waals surface area contributed by atoms with Crippen LogP contribution in [0.15, 0.2) is 9.64 Å². The summed E-state index contributed by atoms with van der Waals surface area (Å²) in [6, 6.07) is 0. The van der Waals surface area contributed by atoms with Crippen molar-refractivity contribution < 1.29 is 4.42 Å². The van der Waals surface area contributed by atoms with E-state index in [9.17, 15) is 0 Å². The Morgan fingerprint density at radius 2 is 1.94 bits per heavy atom. The molecule has 0 fully saturated rings. The minimum Gasteiger partial charge on any atom is -0.437 e. The van der Waals surface area contributed by atoms with Gasteiger partial charge in [-0.1, -0.05) is 25.6 Å². The Kier molecular flexibility index (Phi) is 5.25. The summed E-state index contributed by atoms with van der Waals surface area (Å²) in [5.41, 5.74) is 1.30. The van der Waals surface area contributed by atoms with E-state index in [0.29, 0.717) is 5.41 Å². The van der Waals surface area contributed by atoms with Crippen LogP contribution in [-0.2, 0) is 0 Å². The molecule has 1 rings (SSSR count). The standard InChI is InChI=1S/C12H21NOS2/c1-5-12(6-2,7-15)8-16-11-13-9(3)10(4)14-11/h15H,5-8H2,1-4H3. The summed E-state index contributed by atoms with van der Waals surface area (Å²) in [5, 5.41) is 0.794. The van der Waals surface area contributed by atoms with Crippen molar-refractivity contribution in [3.05, 3.63) is 11.5 Å². The van der Waals surface area contributed by atoms with Crippen molar-refractivity contribution in [1.82, 2.24) is 4.98 Å². The van der Waals surface area contributed by atoms with E-state index in [-0.39, 0.29) is 0 Å². The number of hydrogen-bond donors (Lipinski definition) is 1. The first-order valence-corrected chi connectivity index (χ1v) is 7.36. The number of thioether (sulfide) groups is 1. The predicted molar refractivity (Wildman–Crippen MR) is 73.6 cm³/mol. The number of rotatable bonds is 6. The lowest BCUT2D eigenvalue weighted by atomic mass is 9.87. The molecule has 1 heterocycles. The molecular formula is C12H21NOS2. The van der Waals surface area contributed by atoms with Gasteiger partial charge in [-0.3, -0.25) is 0 Å². The van der Waals surface area contributed by atoms with Gasteiger partial charge >= 0.3 is 0 Å². The van der Waals surface area contributed by atoms with E-state index < -0.39 is 0 Å². The lowest BCUT2D eigenvalue weighted by Gasteiger charge is -2.28. The molecular weight excluding hydrogens is 238 g/mol. The zero-order valence-electron chi connectivity index (χ0n) is 10.5. The van der Waals surface area contributed by atoms with Crippen molar-refractivity contribution in [2.45, 2.75) is 45.8 Å². The van der Waals surface area contributed by atoms with E-state index in [1.165, 1.54) is 0 Å². The molecule has 0 bridgehead atoms. The SMILES string of the molecule is CCC(CC)(CS)CSc1nc(C)c(C)o1. The number of aromatic nitrogens is 1. The van der Waals surface area contributed by atoms with Crippen LogP contribution < -0.4 is 0 Å². The molecule has 1 aromatic heterocycles. The molecule has 2 nitrogen and oxygen atoms in total. The summed E-state index contributed by atoms with van der Waals surface area (Å²) in [6.07, 6.45) is 2.30. The van der Waals surface area contributed by atoms with E-state index in [1.54, 1.807) is 11.8 Å². The van der Waals surface area contributed by atoms with Gasteiger partial charge in [0.15, 0.2) is 0 Å². The van der Waals surface area contributed by atoms with Gasteiger partial charge in [0.25, 0.3) is 5.22 Å². The summed E-state index contributed by atoms with van der Waals surface area (Å²) in [7, 11) is 0. The monoisotopic (exact) mass is 259 g/mol. The molecule has 4 heteroatoms. The molecule has 0 saturated heterocycles. The van der Waals surface area contributed by atoms with Gasteiger partial charge in [0, 0.05) is 5.75 Å². The number of hydrogen-bond acceptors (Lipinski definition) is 4. The molecule has 92 valence electrons. The molecule has 0 aliphatic heterocycles. The average molecular weight is 259 g/mol. The van der Waals surface area contributed by atoms with Crippen LogP contribution in [0.3, 0.4) is 0 Å². The third-order valence-corrected chi connectivity index (χ3v) is 5.20. The second-order valence-electron chi connectivity index (χ2n) is 4.28. The molecule has 0 saturated carbocycles. The Labute approximate surface area is 108 Å². The summed E-state index contributed by atoms with van der Waals surface area (Å²) in [5.74, 6) is 2.88. The number of thiol groups is 1. The molecule has 1 aromatic rings. The predicted octanol–water partition coefficient (Wildman–Crippen LogP) is 4.12. The molecule has 0 aromatic carbocycles. The molecule has 0 spiro atoms. The van der Waals surface area contributed by atoms with Crippen molar-refractivity contribution in [1.29, 1.82) is 0 Å². The summed E-state index contributed by atoms with van der Waals surface area (Å²) in [6.45, 7) is 8.39. The van der Waals surface area contributed by atoms with Crippen LogP contribution in [0, 0.1) is 19.3 Å². The quantitative estimate of drug-likeness (QED) is 0.615. The minimum absolute atomic E-state index is 0.310. The van der Waals surface area contributed by atoms with Crippen molar-refractivity contribution >= 4 is 24.4 Å². The molecule has 16 heavy (non-hydrogen) atoms. The smallest absolute Gasteiger partial charge is 0.256 e. The molecule has 0 aliphatic carbocycles. The zero-order chi connectivity index (χ0) is 12.2. The summed E-state index contributed by atoms with van der Waals surface area (Å²) >= 11 is 6.18. The van der Waals surface area contributed by atoms with E-state index in [0.717, 1.165) is 41.0 Å². The number of nitrogens with zero attached hydrogens (tertiary/aromatic N) is 1. The molecule has 0 unspecified atom stereocenters. The van der Waals surface area contributed by atoms with Crippen molar-refractivity contribution in [3.8, 4) is 0 Å². The highest BCUT2D eigenvalue weighted by atomic mass is 32.2. The number of aryl methyl sites for hydroxylation is 2. The fourth-order valence-electron chi connectivity index (χ4n) is 1.44. The van der Waals surface area contributed by atoms with Crippen LogP contribution in [0.4, 0.5) is 0 Å². The maximum atomic E-state index is 5.57. The fourth-order valence-corrected chi connectivity index (χ4v) is 3.48. The van der Waals surface area contributed by atoms with Crippen LogP contribution >= 0.6 is 24.4 Å². The Hall–Kier alpha value is -0.0900. The Morgan fingerprint density at radius 3 is 2.31 bits per heavy atom. The number of oxazole rings is 1. The van der Waals surface area contributed by atoms with Gasteiger partial charge in [0.2, 0.25) is 0 Å². The first kappa shape index (κ1) is 14.0. The van der Waals surface area contributed by atoms with Gasteiger partial charge in [-0.25, -0.2) is 4.98 Å². The normalized spacial score (nSPS) is 12.1. The summed E-state index contributed by atoms with van der Waals surface area (Å²) < 4.78 is 5.57. The second-order valence-corrected chi connectivity index (χ2v) is 5.52. The van der Waals surface area contributed by atoms with Gasteiger partial charge in [-0.2, -0.15) is 12.6 Å². The highest BCUT2D eigenvalue weighted by Gasteiger charge is 2.25. The van der Waals surface area contributed by atoms with E-state index in [2.05, 4.69) is 31.5 Å². The van der Waals surface area contributed by atoms with Crippen LogP contribution in [0.1, 0.15) is 38.1 Å². The molecule has 0 amide bonds. The van der Waals surface area contributed by atoms with Crippen LogP contribution in [0.25, 0.3) is 0 Å². The zero-order valence-corrected chi connectivity index (χ0v) is 12.3. The van der Waals surface area contributed by atoms with E-state index in [1.807, 2.05) is 13.8 Å². The van der Waals surface area contributed by atoms with E-state index >= 15 is 0 Å². The van der Waals surface area contributed by atoms with Gasteiger partial charge in [-0.05, 0) is 37.9 Å². The molecule has 0 atom stereocenters. The Bertz CT molecular complexity index is 304. The molecule has 0 N–H and O–H groups in total. The first-order valence-electron chi connectivity index (χ1n) is 5.74. The van der Waals surface area contributed by atoms with Gasteiger partial charge in [0.1, 0.15) is 5.76 Å². The Balaban J connectivity index is 2.62. The highest BCUT2D eigenvalue weighted by molar-refractivity contribution is 7.99. The van der Waals surface area contributed by atoms with Gasteiger partial charge in [0.05, 0.1) is 5.69 Å². The molecule has 0 aliphatic rings. The average Bonchev–Trinajstić information content (AvgIpc) is 2.61. The fraction of sp³-hybridized carbons (Fsp3) is 0.750. The van der Waals surface area contributed by atoms with Crippen LogP contribution in [0.2, 0.25) is 0 Å². The van der Waals surface area contributed by atoms with Gasteiger partial charge in [-0.15, -0.1) is 0 Å². The lowest BCUT2D eigenvalue weighted by molar-refractivity contribution is 0.354. The van der Waals surface area contributed by atoms with Crippen LogP contribution in [-0.4, -0.2) is 16.5 Å². The largest absolute Gasteiger partial charge is 0.437 e. The van der Waals surface area contributed by atoms with Crippen LogP contribution in [0.5, 0.6) is 0 Å². The molecule has 0 radical (unpaired) electrons. The highest BCUT2D eigenvalue weighted by Crippen LogP contribution is 2.35. The third-order valence-electron chi connectivity index (χ3n) is 3.35. The van der Waals surface area contributed by atoms with Crippen molar-refractivity contribution in [2.24, 2.45) is 5.41 Å². The van der Waals surface area contributed by atoms with Crippen molar-refractivity contribution in [3.63, 3.8) is 0 Å². The maximum absolute atomic E-state index is 5.57. The second kappa shape index (κ2) is 6.01.